The van der Waals surface area contributed by atoms with Crippen molar-refractivity contribution in [2.75, 3.05) is 0 Å². The maximum atomic E-state index is 6.56. The lowest BCUT2D eigenvalue weighted by molar-refractivity contribution is 0.483. The minimum atomic E-state index is 0.0546. The molecule has 0 atom stereocenters. The van der Waals surface area contributed by atoms with Crippen molar-refractivity contribution in [2.45, 2.75) is 53.9 Å². The normalized spacial score (nSPS) is 11.9. The summed E-state index contributed by atoms with van der Waals surface area (Å²) in [4.78, 5) is 0. The second-order valence-electron chi connectivity index (χ2n) is 13.2. The number of hydrogen-bond acceptors (Lipinski definition) is 2. The number of para-hydroxylation sites is 1. The number of rotatable bonds is 5. The molecule has 45 heavy (non-hydrogen) atoms. The molecule has 0 saturated heterocycles. The molecule has 2 aromatic heterocycles. The molecule has 0 fully saturated rings. The number of benzene rings is 5. The fraction of sp³-hybridized carbons (Fsp3) is 0.195. The molecule has 4 heteroatoms. The molecule has 2 heterocycles. The van der Waals surface area contributed by atoms with Crippen LogP contribution in [0.5, 0.6) is 11.5 Å². The minimum absolute atomic E-state index is 0.0546. The van der Waals surface area contributed by atoms with Crippen molar-refractivity contribution >= 4 is 21.8 Å². The van der Waals surface area contributed by atoms with Crippen molar-refractivity contribution < 1.29 is 4.74 Å². The first-order valence-electron chi connectivity index (χ1n) is 15.7. The van der Waals surface area contributed by atoms with Crippen LogP contribution in [0, 0.1) is 27.7 Å². The third-order valence-electron chi connectivity index (χ3n) is 8.94. The van der Waals surface area contributed by atoms with Crippen LogP contribution >= 0.6 is 0 Å². The molecular weight excluding hydrogens is 550 g/mol. The smallest absolute Gasteiger partial charge is 0.129 e. The van der Waals surface area contributed by atoms with Crippen LogP contribution in [0.3, 0.4) is 0 Å². The van der Waals surface area contributed by atoms with Gasteiger partial charge in [-0.25, -0.2) is 4.68 Å². The van der Waals surface area contributed by atoms with Gasteiger partial charge in [0, 0.05) is 39.8 Å². The van der Waals surface area contributed by atoms with Crippen molar-refractivity contribution in [3.8, 4) is 34.0 Å². The van der Waals surface area contributed by atoms with Gasteiger partial charge in [0.25, 0.3) is 0 Å². The van der Waals surface area contributed by atoms with E-state index in [-0.39, 0.29) is 5.41 Å². The third-order valence-corrected chi connectivity index (χ3v) is 8.94. The van der Waals surface area contributed by atoms with Gasteiger partial charge in [0.05, 0.1) is 22.4 Å². The van der Waals surface area contributed by atoms with E-state index in [1.807, 2.05) is 16.8 Å². The van der Waals surface area contributed by atoms with E-state index in [2.05, 4.69) is 150 Å². The first-order valence-corrected chi connectivity index (χ1v) is 15.7. The summed E-state index contributed by atoms with van der Waals surface area (Å²) >= 11 is 0. The van der Waals surface area contributed by atoms with Crippen LogP contribution in [0.2, 0.25) is 0 Å². The Balaban J connectivity index is 1.29. The van der Waals surface area contributed by atoms with Crippen molar-refractivity contribution in [3.63, 3.8) is 0 Å². The van der Waals surface area contributed by atoms with Crippen LogP contribution in [-0.4, -0.2) is 14.3 Å². The quantitative estimate of drug-likeness (QED) is 0.200. The largest absolute Gasteiger partial charge is 0.457 e. The minimum Gasteiger partial charge on any atom is -0.457 e. The second kappa shape index (κ2) is 10.8. The van der Waals surface area contributed by atoms with E-state index in [0.29, 0.717) is 0 Å². The molecule has 5 aromatic carbocycles. The first kappa shape index (κ1) is 28.7. The van der Waals surface area contributed by atoms with E-state index in [1.54, 1.807) is 0 Å². The number of aryl methyl sites for hydroxylation is 3. The molecule has 4 nitrogen and oxygen atoms in total. The van der Waals surface area contributed by atoms with Crippen molar-refractivity contribution in [2.24, 2.45) is 0 Å². The molecule has 0 spiro atoms. The molecule has 224 valence electrons. The Morgan fingerprint density at radius 1 is 0.578 bits per heavy atom. The number of hydrogen-bond donors (Lipinski definition) is 0. The molecule has 0 aliphatic rings. The molecule has 0 amide bonds. The molecule has 7 rings (SSSR count). The lowest BCUT2D eigenvalue weighted by Gasteiger charge is -2.20. The monoisotopic (exact) mass is 589 g/mol. The molecule has 0 N–H and O–H groups in total. The van der Waals surface area contributed by atoms with E-state index in [1.165, 1.54) is 44.1 Å². The zero-order chi connectivity index (χ0) is 31.5. The average molecular weight is 590 g/mol. The molecule has 0 bridgehead atoms. The fourth-order valence-electron chi connectivity index (χ4n) is 6.68. The predicted molar refractivity (Wildman–Crippen MR) is 188 cm³/mol. The standard InChI is InChI=1S/C41H39N3O/c1-26-13-10-14-27(2)39(26)40-28(3)42-44(29(40)4)32-17-12-18-33(24-32)45-34-21-22-36-35-19-8-9-20-37(35)43(38(36)25-34)31-16-11-15-30(23-31)41(5,6)7/h8-25H,1-7H3. The zero-order valence-electron chi connectivity index (χ0n) is 27.1. The Morgan fingerprint density at radius 2 is 1.24 bits per heavy atom. The maximum absolute atomic E-state index is 6.56. The third kappa shape index (κ3) is 5.01. The summed E-state index contributed by atoms with van der Waals surface area (Å²) in [5.41, 5.74) is 12.9. The summed E-state index contributed by atoms with van der Waals surface area (Å²) in [5.74, 6) is 1.56. The van der Waals surface area contributed by atoms with Gasteiger partial charge in [0.2, 0.25) is 0 Å². The van der Waals surface area contributed by atoms with E-state index < -0.39 is 0 Å². The van der Waals surface area contributed by atoms with Gasteiger partial charge in [-0.05, 0) is 97.8 Å². The molecule has 0 aliphatic heterocycles. The van der Waals surface area contributed by atoms with Gasteiger partial charge >= 0.3 is 0 Å². The van der Waals surface area contributed by atoms with Crippen molar-refractivity contribution in [1.29, 1.82) is 0 Å². The van der Waals surface area contributed by atoms with Crippen LogP contribution in [0.1, 0.15) is 48.8 Å². The SMILES string of the molecule is Cc1cccc(C)c1-c1c(C)nn(-c2cccc(Oc3ccc4c5ccccc5n(-c5cccc(C(C)(C)C)c5)c4c3)c2)c1C. The van der Waals surface area contributed by atoms with Crippen LogP contribution in [0.4, 0.5) is 0 Å². The Hall–Kier alpha value is -5.09. The molecular formula is C41H39N3O. The second-order valence-corrected chi connectivity index (χ2v) is 13.2. The number of fused-ring (bicyclic) bond motifs is 3. The lowest BCUT2D eigenvalue weighted by Crippen LogP contribution is -2.11. The lowest BCUT2D eigenvalue weighted by atomic mass is 9.87. The van der Waals surface area contributed by atoms with Crippen molar-refractivity contribution in [3.05, 3.63) is 137 Å². The number of nitrogens with zero attached hydrogens (tertiary/aromatic N) is 3. The first-order chi connectivity index (χ1) is 21.6. The molecule has 7 aromatic rings. The fourth-order valence-corrected chi connectivity index (χ4v) is 6.68. The van der Waals surface area contributed by atoms with Gasteiger partial charge in [-0.15, -0.1) is 0 Å². The highest BCUT2D eigenvalue weighted by Crippen LogP contribution is 2.37. The highest BCUT2D eigenvalue weighted by Gasteiger charge is 2.19. The predicted octanol–water partition coefficient (Wildman–Crippen LogP) is 11.0. The topological polar surface area (TPSA) is 32.0 Å². The van der Waals surface area contributed by atoms with Gasteiger partial charge in [-0.2, -0.15) is 5.10 Å². The Morgan fingerprint density at radius 3 is 2.02 bits per heavy atom. The van der Waals surface area contributed by atoms with Gasteiger partial charge < -0.3 is 9.30 Å². The van der Waals surface area contributed by atoms with Gasteiger partial charge in [0.1, 0.15) is 11.5 Å². The van der Waals surface area contributed by atoms with E-state index in [9.17, 15) is 0 Å². The Kier molecular flexibility index (Phi) is 6.89. The molecule has 0 unspecified atom stereocenters. The van der Waals surface area contributed by atoms with Crippen molar-refractivity contribution in [1.82, 2.24) is 14.3 Å². The maximum Gasteiger partial charge on any atom is 0.129 e. The Bertz CT molecular complexity index is 2200. The number of ether oxygens (including phenoxy) is 1. The zero-order valence-corrected chi connectivity index (χ0v) is 27.1. The highest BCUT2D eigenvalue weighted by atomic mass is 16.5. The summed E-state index contributed by atoms with van der Waals surface area (Å²) in [6, 6.07) is 38.6. The van der Waals surface area contributed by atoms with Crippen LogP contribution < -0.4 is 4.74 Å². The average Bonchev–Trinajstić information content (AvgIpc) is 3.50. The molecule has 0 saturated carbocycles. The summed E-state index contributed by atoms with van der Waals surface area (Å²) in [6.07, 6.45) is 0. The van der Waals surface area contributed by atoms with E-state index in [0.717, 1.165) is 39.8 Å². The van der Waals surface area contributed by atoms with Crippen LogP contribution in [0.15, 0.2) is 109 Å². The molecule has 0 radical (unpaired) electrons. The summed E-state index contributed by atoms with van der Waals surface area (Å²) < 4.78 is 10.9. The van der Waals surface area contributed by atoms with Gasteiger partial charge in [-0.1, -0.05) is 75.4 Å². The summed E-state index contributed by atoms with van der Waals surface area (Å²) in [6.45, 7) is 15.4. The summed E-state index contributed by atoms with van der Waals surface area (Å²) in [7, 11) is 0. The van der Waals surface area contributed by atoms with Crippen LogP contribution in [-0.2, 0) is 5.41 Å². The number of aromatic nitrogens is 3. The van der Waals surface area contributed by atoms with E-state index in [4.69, 9.17) is 9.84 Å². The molecule has 0 aliphatic carbocycles. The highest BCUT2D eigenvalue weighted by molar-refractivity contribution is 6.09. The van der Waals surface area contributed by atoms with Crippen LogP contribution in [0.25, 0.3) is 44.3 Å². The van der Waals surface area contributed by atoms with Gasteiger partial charge in [-0.3, -0.25) is 0 Å². The Labute approximate surface area is 265 Å². The van der Waals surface area contributed by atoms with Gasteiger partial charge in [0.15, 0.2) is 0 Å². The van der Waals surface area contributed by atoms with E-state index >= 15 is 0 Å². The summed E-state index contributed by atoms with van der Waals surface area (Å²) in [5, 5.41) is 7.41.